The molecule has 0 bridgehead atoms. The average molecular weight is 678 g/mol. The molecule has 0 aliphatic heterocycles. The van der Waals surface area contributed by atoms with Gasteiger partial charge < -0.3 is 22.6 Å². The molecule has 12 nitrogen and oxygen atoms in total. The summed E-state index contributed by atoms with van der Waals surface area (Å²) in [5.41, 5.74) is 2.17. The van der Waals surface area contributed by atoms with Gasteiger partial charge in [0.15, 0.2) is 23.0 Å². The fraction of sp³-hybridized carbons (Fsp3) is 0.200. The Hall–Kier alpha value is -4.47. The molecule has 0 heterocycles. The Morgan fingerprint density at radius 2 is 1.31 bits per heavy atom. The number of sulfonamides is 1. The Bertz CT molecular complexity index is 2030. The molecule has 4 aromatic carbocycles. The van der Waals surface area contributed by atoms with Crippen LogP contribution >= 0.6 is 0 Å². The number of benzene rings is 4. The van der Waals surface area contributed by atoms with Crippen LogP contribution in [0.4, 0.5) is 5.69 Å². The minimum absolute atomic E-state index is 0.0253. The van der Waals surface area contributed by atoms with Crippen LogP contribution < -0.4 is 27.3 Å². The average Bonchev–Trinajstić information content (AvgIpc) is 2.94. The van der Waals surface area contributed by atoms with Crippen LogP contribution in [0.5, 0.6) is 28.7 Å². The summed E-state index contributed by atoms with van der Waals surface area (Å²) in [5.74, 6) is -0.228. The van der Waals surface area contributed by atoms with Crippen molar-refractivity contribution < 1.29 is 47.8 Å². The normalized spacial score (nSPS) is 11.8. The molecule has 0 aliphatic rings. The maximum absolute atomic E-state index is 12.5. The van der Waals surface area contributed by atoms with E-state index in [0.717, 1.165) is 24.3 Å². The molecule has 45 heavy (non-hydrogen) atoms. The molecule has 0 aromatic heterocycles. The highest BCUT2D eigenvalue weighted by molar-refractivity contribution is 7.92. The highest BCUT2D eigenvalue weighted by atomic mass is 32.2. The van der Waals surface area contributed by atoms with Gasteiger partial charge in [-0.15, -0.1) is 0 Å². The van der Waals surface area contributed by atoms with Crippen molar-refractivity contribution in [3.05, 3.63) is 84.4 Å². The van der Waals surface area contributed by atoms with Crippen molar-refractivity contribution in [3.8, 4) is 51.0 Å². The van der Waals surface area contributed by atoms with E-state index in [2.05, 4.69) is 4.72 Å². The SMILES string of the molecule is COc1cc(-c2cccc(NS(C)(=O)=O)c2)c(OC)c(OS(C)(=O)=O)c1-c1ccc(OCc2ccccc2)c(OS(C)(=O)=O)c1. The summed E-state index contributed by atoms with van der Waals surface area (Å²) >= 11 is 0. The van der Waals surface area contributed by atoms with Gasteiger partial charge >= 0.3 is 20.2 Å². The third-order valence-electron chi connectivity index (χ3n) is 6.05. The molecule has 4 rings (SSSR count). The van der Waals surface area contributed by atoms with Crippen molar-refractivity contribution in [1.82, 2.24) is 0 Å². The molecule has 0 amide bonds. The van der Waals surface area contributed by atoms with E-state index >= 15 is 0 Å². The Morgan fingerprint density at radius 3 is 1.91 bits per heavy atom. The lowest BCUT2D eigenvalue weighted by molar-refractivity contribution is 0.296. The standard InChI is InChI=1S/C30H31NO11S3/c1-38-27-18-24(21-12-9-13-23(16-21)31-43(3,32)33)29(39-2)30(42-45(5,36)37)28(27)22-14-15-25(26(17-22)41-44(4,34)35)40-19-20-10-7-6-8-11-20/h6-18,31H,19H2,1-5H3. The minimum Gasteiger partial charge on any atom is -0.496 e. The van der Waals surface area contributed by atoms with E-state index in [1.54, 1.807) is 30.3 Å². The van der Waals surface area contributed by atoms with Crippen molar-refractivity contribution >= 4 is 35.9 Å². The van der Waals surface area contributed by atoms with Crippen molar-refractivity contribution in [2.75, 3.05) is 37.7 Å². The van der Waals surface area contributed by atoms with Crippen molar-refractivity contribution in [2.45, 2.75) is 6.61 Å². The molecule has 1 N–H and O–H groups in total. The van der Waals surface area contributed by atoms with Crippen LogP contribution in [-0.4, -0.2) is 58.2 Å². The number of rotatable bonds is 13. The minimum atomic E-state index is -4.16. The van der Waals surface area contributed by atoms with Gasteiger partial charge in [-0.2, -0.15) is 16.8 Å². The molecular formula is C30H31NO11S3. The lowest BCUT2D eigenvalue weighted by Gasteiger charge is -2.21. The zero-order valence-corrected chi connectivity index (χ0v) is 27.4. The molecule has 0 aliphatic carbocycles. The van der Waals surface area contributed by atoms with Gasteiger partial charge in [0.2, 0.25) is 10.0 Å². The smallest absolute Gasteiger partial charge is 0.306 e. The molecule has 0 saturated carbocycles. The van der Waals surface area contributed by atoms with Gasteiger partial charge in [-0.1, -0.05) is 48.5 Å². The quantitative estimate of drug-likeness (QED) is 0.196. The van der Waals surface area contributed by atoms with E-state index < -0.39 is 30.3 Å². The van der Waals surface area contributed by atoms with Crippen LogP contribution in [0.25, 0.3) is 22.3 Å². The Morgan fingerprint density at radius 1 is 0.622 bits per heavy atom. The van der Waals surface area contributed by atoms with Crippen LogP contribution in [0.2, 0.25) is 0 Å². The molecule has 0 atom stereocenters. The van der Waals surface area contributed by atoms with Gasteiger partial charge in [-0.3, -0.25) is 4.72 Å². The summed E-state index contributed by atoms with van der Waals surface area (Å²) < 4.78 is 103. The van der Waals surface area contributed by atoms with E-state index in [4.69, 9.17) is 22.6 Å². The predicted octanol–water partition coefficient (Wildman–Crippen LogP) is 4.67. The highest BCUT2D eigenvalue weighted by Gasteiger charge is 2.27. The predicted molar refractivity (Wildman–Crippen MR) is 171 cm³/mol. The van der Waals surface area contributed by atoms with Gasteiger partial charge in [0.05, 0.1) is 38.6 Å². The largest absolute Gasteiger partial charge is 0.496 e. The van der Waals surface area contributed by atoms with Gasteiger partial charge in [0.25, 0.3) is 0 Å². The van der Waals surface area contributed by atoms with Crippen molar-refractivity contribution in [3.63, 3.8) is 0 Å². The zero-order valence-electron chi connectivity index (χ0n) is 24.9. The first kappa shape index (κ1) is 33.4. The summed E-state index contributed by atoms with van der Waals surface area (Å²) in [6.45, 7) is 0.113. The number of ether oxygens (including phenoxy) is 3. The zero-order chi connectivity index (χ0) is 33.0. The molecule has 4 aromatic rings. The van der Waals surface area contributed by atoms with Gasteiger partial charge in [0.1, 0.15) is 12.4 Å². The first-order valence-corrected chi connectivity index (χ1v) is 18.6. The monoisotopic (exact) mass is 677 g/mol. The molecule has 240 valence electrons. The summed E-state index contributed by atoms with van der Waals surface area (Å²) in [7, 11) is -9.12. The Kier molecular flexibility index (Phi) is 9.85. The summed E-state index contributed by atoms with van der Waals surface area (Å²) in [5, 5.41) is 0. The number of hydrogen-bond acceptors (Lipinski definition) is 11. The summed E-state index contributed by atoms with van der Waals surface area (Å²) in [6, 6.07) is 21.5. The van der Waals surface area contributed by atoms with Crippen LogP contribution in [0, 0.1) is 0 Å². The summed E-state index contributed by atoms with van der Waals surface area (Å²) in [6.07, 6.45) is 2.74. The van der Waals surface area contributed by atoms with E-state index in [0.29, 0.717) is 11.1 Å². The van der Waals surface area contributed by atoms with Gasteiger partial charge in [-0.25, -0.2) is 8.42 Å². The van der Waals surface area contributed by atoms with E-state index in [-0.39, 0.29) is 52.2 Å². The van der Waals surface area contributed by atoms with Gasteiger partial charge in [-0.05, 0) is 47.0 Å². The number of hydrogen-bond donors (Lipinski definition) is 1. The lowest BCUT2D eigenvalue weighted by Crippen LogP contribution is -2.10. The molecule has 0 spiro atoms. The lowest BCUT2D eigenvalue weighted by atomic mass is 9.96. The molecular weight excluding hydrogens is 647 g/mol. The molecule has 0 radical (unpaired) electrons. The van der Waals surface area contributed by atoms with E-state index in [1.165, 1.54) is 32.4 Å². The molecule has 0 unspecified atom stereocenters. The van der Waals surface area contributed by atoms with E-state index in [1.807, 2.05) is 30.3 Å². The molecule has 0 fully saturated rings. The van der Waals surface area contributed by atoms with Crippen LogP contribution in [-0.2, 0) is 36.9 Å². The van der Waals surface area contributed by atoms with Gasteiger partial charge in [0, 0.05) is 11.3 Å². The first-order chi connectivity index (χ1) is 21.1. The second kappa shape index (κ2) is 13.3. The third-order valence-corrected chi connectivity index (χ3v) is 7.60. The number of anilines is 1. The first-order valence-electron chi connectivity index (χ1n) is 13.0. The number of nitrogens with one attached hydrogen (secondary N) is 1. The number of methoxy groups -OCH3 is 2. The molecule has 0 saturated heterocycles. The Labute approximate surface area is 262 Å². The maximum Gasteiger partial charge on any atom is 0.306 e. The molecule has 15 heteroatoms. The van der Waals surface area contributed by atoms with Crippen LogP contribution in [0.1, 0.15) is 5.56 Å². The maximum atomic E-state index is 12.5. The second-order valence-electron chi connectivity index (χ2n) is 9.83. The highest BCUT2D eigenvalue weighted by Crippen LogP contribution is 2.52. The van der Waals surface area contributed by atoms with Crippen LogP contribution in [0.15, 0.2) is 78.9 Å². The topological polar surface area (TPSA) is 161 Å². The van der Waals surface area contributed by atoms with Crippen molar-refractivity contribution in [1.29, 1.82) is 0 Å². The fourth-order valence-electron chi connectivity index (χ4n) is 4.41. The van der Waals surface area contributed by atoms with Crippen LogP contribution in [0.3, 0.4) is 0 Å². The second-order valence-corrected chi connectivity index (χ2v) is 14.7. The Balaban J connectivity index is 1.94. The fourth-order valence-corrected chi connectivity index (χ4v) is 5.88. The summed E-state index contributed by atoms with van der Waals surface area (Å²) in [4.78, 5) is 0. The van der Waals surface area contributed by atoms with Crippen molar-refractivity contribution in [2.24, 2.45) is 0 Å². The van der Waals surface area contributed by atoms with E-state index in [9.17, 15) is 25.3 Å². The third kappa shape index (κ3) is 9.03.